The Kier molecular flexibility index (Phi) is 8.84. The first kappa shape index (κ1) is 25.4. The highest BCUT2D eigenvalue weighted by molar-refractivity contribution is 5.96. The Morgan fingerprint density at radius 1 is 0.969 bits per heavy atom. The zero-order valence-corrected chi connectivity index (χ0v) is 20.3. The molecule has 2 amide bonds. The Morgan fingerprint density at radius 3 is 2.19 bits per heavy atom. The van der Waals surface area contributed by atoms with Crippen LogP contribution in [0.5, 0.6) is 5.75 Å². The summed E-state index contributed by atoms with van der Waals surface area (Å²) < 4.78 is 5.27. The van der Waals surface area contributed by atoms with Crippen molar-refractivity contribution in [2.45, 2.75) is 53.0 Å². The molecule has 2 rings (SSSR count). The van der Waals surface area contributed by atoms with E-state index < -0.39 is 0 Å². The highest BCUT2D eigenvalue weighted by Gasteiger charge is 2.19. The number of methoxy groups -OCH3 is 1. The number of ether oxygens (including phenoxy) is 1. The van der Waals surface area contributed by atoms with E-state index in [4.69, 9.17) is 4.74 Å². The molecule has 2 aromatic carbocycles. The van der Waals surface area contributed by atoms with Gasteiger partial charge < -0.3 is 20.7 Å². The topological polar surface area (TPSA) is 79.5 Å². The molecule has 0 spiro atoms. The largest absolute Gasteiger partial charge is 0.495 e. The van der Waals surface area contributed by atoms with Crippen molar-refractivity contribution in [2.75, 3.05) is 25.5 Å². The highest BCUT2D eigenvalue weighted by Crippen LogP contribution is 2.27. The maximum Gasteiger partial charge on any atom is 0.243 e. The van der Waals surface area contributed by atoms with Crippen molar-refractivity contribution in [1.29, 1.82) is 0 Å². The molecule has 1 unspecified atom stereocenters. The maximum absolute atomic E-state index is 12.3. The molecule has 174 valence electrons. The van der Waals surface area contributed by atoms with Gasteiger partial charge in [-0.1, -0.05) is 65.0 Å². The third-order valence-electron chi connectivity index (χ3n) is 5.36. The van der Waals surface area contributed by atoms with E-state index in [1.54, 1.807) is 13.2 Å². The number of benzene rings is 2. The van der Waals surface area contributed by atoms with Crippen LogP contribution < -0.4 is 20.7 Å². The summed E-state index contributed by atoms with van der Waals surface area (Å²) in [7, 11) is 1.55. The van der Waals surface area contributed by atoms with Crippen molar-refractivity contribution in [3.8, 4) is 5.75 Å². The lowest BCUT2D eigenvalue weighted by molar-refractivity contribution is -0.123. The van der Waals surface area contributed by atoms with Gasteiger partial charge in [0.15, 0.2) is 0 Å². The minimum absolute atomic E-state index is 0.0418. The van der Waals surface area contributed by atoms with Gasteiger partial charge in [-0.05, 0) is 47.1 Å². The van der Waals surface area contributed by atoms with Crippen molar-refractivity contribution >= 4 is 17.5 Å². The molecule has 0 saturated heterocycles. The Balaban J connectivity index is 1.89. The molecule has 6 nitrogen and oxygen atoms in total. The Bertz CT molecular complexity index is 915. The van der Waals surface area contributed by atoms with Crippen LogP contribution in [0.2, 0.25) is 0 Å². The molecule has 32 heavy (non-hydrogen) atoms. The van der Waals surface area contributed by atoms with Gasteiger partial charge in [0.05, 0.1) is 25.9 Å². The van der Waals surface area contributed by atoms with Crippen molar-refractivity contribution in [3.63, 3.8) is 0 Å². The van der Waals surface area contributed by atoms with Crippen LogP contribution in [0, 0.1) is 12.8 Å². The first-order chi connectivity index (χ1) is 15.0. The fraction of sp³-hybridized carbons (Fsp3) is 0.462. The van der Waals surface area contributed by atoms with Gasteiger partial charge in [-0.2, -0.15) is 0 Å². The van der Waals surface area contributed by atoms with Gasteiger partial charge >= 0.3 is 0 Å². The zero-order valence-electron chi connectivity index (χ0n) is 20.3. The fourth-order valence-corrected chi connectivity index (χ4v) is 3.49. The van der Waals surface area contributed by atoms with Gasteiger partial charge in [0.1, 0.15) is 5.75 Å². The number of anilines is 1. The molecule has 0 fully saturated rings. The molecule has 2 aromatic rings. The molecular weight excluding hydrogens is 402 g/mol. The minimum atomic E-state index is -0.305. The van der Waals surface area contributed by atoms with Crippen LogP contribution in [0.4, 0.5) is 5.69 Å². The van der Waals surface area contributed by atoms with Crippen molar-refractivity contribution in [3.05, 3.63) is 59.2 Å². The van der Waals surface area contributed by atoms with E-state index in [-0.39, 0.29) is 36.4 Å². The van der Waals surface area contributed by atoms with Gasteiger partial charge in [0, 0.05) is 6.04 Å². The molecule has 3 N–H and O–H groups in total. The lowest BCUT2D eigenvalue weighted by Gasteiger charge is -2.25. The summed E-state index contributed by atoms with van der Waals surface area (Å²) in [5.74, 6) is 0.350. The van der Waals surface area contributed by atoms with Crippen molar-refractivity contribution < 1.29 is 14.3 Å². The fourth-order valence-electron chi connectivity index (χ4n) is 3.49. The summed E-state index contributed by atoms with van der Waals surface area (Å²) >= 11 is 0. The predicted molar refractivity (Wildman–Crippen MR) is 130 cm³/mol. The van der Waals surface area contributed by atoms with Crippen molar-refractivity contribution in [2.24, 2.45) is 5.92 Å². The third-order valence-corrected chi connectivity index (χ3v) is 5.36. The van der Waals surface area contributed by atoms with Gasteiger partial charge in [-0.3, -0.25) is 9.59 Å². The molecular formula is C26H37N3O3. The molecule has 6 heteroatoms. The first-order valence-electron chi connectivity index (χ1n) is 11.1. The van der Waals surface area contributed by atoms with Crippen LogP contribution in [0.1, 0.15) is 57.4 Å². The summed E-state index contributed by atoms with van der Waals surface area (Å²) in [5, 5.41) is 8.79. The SMILES string of the molecule is COc1ccc(C)cc1NC(=O)CNC(=O)CNC(c1ccc(C(C)(C)C)cc1)C(C)C. The lowest BCUT2D eigenvalue weighted by atomic mass is 9.85. The Morgan fingerprint density at radius 2 is 1.62 bits per heavy atom. The van der Waals surface area contributed by atoms with Crippen LogP contribution in [0.15, 0.2) is 42.5 Å². The van der Waals surface area contributed by atoms with Crippen LogP contribution >= 0.6 is 0 Å². The third kappa shape index (κ3) is 7.38. The molecule has 0 aliphatic heterocycles. The summed E-state index contributed by atoms with van der Waals surface area (Å²) in [6.07, 6.45) is 0. The molecule has 0 radical (unpaired) electrons. The number of hydrogen-bond acceptors (Lipinski definition) is 4. The van der Waals surface area contributed by atoms with E-state index in [1.165, 1.54) is 5.56 Å². The second-order valence-electron chi connectivity index (χ2n) is 9.50. The zero-order chi connectivity index (χ0) is 23.9. The number of nitrogens with one attached hydrogen (secondary N) is 3. The normalized spacial score (nSPS) is 12.4. The van der Waals surface area contributed by atoms with Gasteiger partial charge in [0.25, 0.3) is 0 Å². The Hall–Kier alpha value is -2.86. The quantitative estimate of drug-likeness (QED) is 0.543. The molecule has 0 saturated carbocycles. The molecule has 0 aromatic heterocycles. The van der Waals surface area contributed by atoms with E-state index in [0.717, 1.165) is 11.1 Å². The molecule has 1 atom stereocenters. The van der Waals surface area contributed by atoms with E-state index in [1.807, 2.05) is 19.1 Å². The van der Waals surface area contributed by atoms with Crippen molar-refractivity contribution in [1.82, 2.24) is 10.6 Å². The van der Waals surface area contributed by atoms with Crippen LogP contribution in [0.3, 0.4) is 0 Å². The van der Waals surface area contributed by atoms with Gasteiger partial charge in [-0.15, -0.1) is 0 Å². The number of carbonyl (C=O) groups excluding carboxylic acids is 2. The van der Waals surface area contributed by atoms with E-state index >= 15 is 0 Å². The lowest BCUT2D eigenvalue weighted by Crippen LogP contribution is -2.40. The second kappa shape index (κ2) is 11.1. The number of rotatable bonds is 9. The predicted octanol–water partition coefficient (Wildman–Crippen LogP) is 4.34. The standard InChI is InChI=1S/C26H37N3O3/c1-17(2)25(19-9-11-20(12-10-19)26(4,5)6)28-15-23(30)27-16-24(31)29-21-14-18(3)8-13-22(21)32-7/h8-14,17,25,28H,15-16H2,1-7H3,(H,27,30)(H,29,31). The molecule has 0 bridgehead atoms. The first-order valence-corrected chi connectivity index (χ1v) is 11.1. The van der Waals surface area contributed by atoms with E-state index in [9.17, 15) is 9.59 Å². The summed E-state index contributed by atoms with van der Waals surface area (Å²) in [6, 6.07) is 14.1. The number of amides is 2. The van der Waals surface area contributed by atoms with Crippen LogP contribution in [0.25, 0.3) is 0 Å². The molecule has 0 aliphatic rings. The van der Waals surface area contributed by atoms with Gasteiger partial charge in [-0.25, -0.2) is 0 Å². The second-order valence-corrected chi connectivity index (χ2v) is 9.50. The summed E-state index contributed by atoms with van der Waals surface area (Å²) in [4.78, 5) is 24.6. The summed E-state index contributed by atoms with van der Waals surface area (Å²) in [5.41, 5.74) is 4.11. The minimum Gasteiger partial charge on any atom is -0.495 e. The number of carbonyl (C=O) groups is 2. The van der Waals surface area contributed by atoms with Gasteiger partial charge in [0.2, 0.25) is 11.8 Å². The van der Waals surface area contributed by atoms with Crippen LogP contribution in [-0.4, -0.2) is 32.0 Å². The van der Waals surface area contributed by atoms with Crippen LogP contribution in [-0.2, 0) is 15.0 Å². The average molecular weight is 440 g/mol. The number of aryl methyl sites for hydroxylation is 1. The molecule has 0 heterocycles. The highest BCUT2D eigenvalue weighted by atomic mass is 16.5. The molecule has 0 aliphatic carbocycles. The van der Waals surface area contributed by atoms with E-state index in [0.29, 0.717) is 17.4 Å². The number of hydrogen-bond donors (Lipinski definition) is 3. The monoisotopic (exact) mass is 439 g/mol. The smallest absolute Gasteiger partial charge is 0.243 e. The summed E-state index contributed by atoms with van der Waals surface area (Å²) in [6.45, 7) is 12.8. The average Bonchev–Trinajstić information content (AvgIpc) is 2.72. The Labute approximate surface area is 192 Å². The van der Waals surface area contributed by atoms with E-state index in [2.05, 4.69) is 74.8 Å². The maximum atomic E-state index is 12.3.